The number of hydrogen-bond acceptors (Lipinski definition) is 3. The molecule has 2 heterocycles. The van der Waals surface area contributed by atoms with Crippen LogP contribution >= 0.6 is 0 Å². The van der Waals surface area contributed by atoms with Crippen molar-refractivity contribution in [1.29, 1.82) is 0 Å². The molecule has 8 heteroatoms. The first-order chi connectivity index (χ1) is 15.6. The molecular formula is C26H19F4N3Pt. The maximum absolute atomic E-state index is 14.3. The number of halogens is 4. The number of pyridine rings is 2. The van der Waals surface area contributed by atoms with E-state index in [1.165, 1.54) is 0 Å². The molecule has 34 heavy (non-hydrogen) atoms. The van der Waals surface area contributed by atoms with Crippen molar-refractivity contribution in [3.05, 3.63) is 96.1 Å². The average Bonchev–Trinajstić information content (AvgIpc) is 2.73. The first-order valence-electron chi connectivity index (χ1n) is 10.1. The number of aromatic nitrogens is 2. The van der Waals surface area contributed by atoms with Gasteiger partial charge in [0, 0.05) is 28.8 Å². The molecule has 0 saturated carbocycles. The van der Waals surface area contributed by atoms with E-state index >= 15 is 0 Å². The number of rotatable bonds is 4. The van der Waals surface area contributed by atoms with Gasteiger partial charge in [-0.05, 0) is 44.3 Å². The quantitative estimate of drug-likeness (QED) is 0.179. The molecule has 0 radical (unpaired) electrons. The summed E-state index contributed by atoms with van der Waals surface area (Å²) in [4.78, 5) is 10.9. The van der Waals surface area contributed by atoms with Crippen molar-refractivity contribution in [2.75, 3.05) is 4.90 Å². The summed E-state index contributed by atoms with van der Waals surface area (Å²) in [6, 6.07) is 18.9. The van der Waals surface area contributed by atoms with Gasteiger partial charge in [-0.1, -0.05) is 47.5 Å². The zero-order valence-electron chi connectivity index (χ0n) is 18.4. The fourth-order valence-corrected chi connectivity index (χ4v) is 3.46. The molecule has 4 aromatic rings. The van der Waals surface area contributed by atoms with Gasteiger partial charge in [0.1, 0.15) is 11.6 Å². The van der Waals surface area contributed by atoms with Gasteiger partial charge in [-0.2, -0.15) is 0 Å². The Kier molecular flexibility index (Phi) is 7.57. The van der Waals surface area contributed by atoms with E-state index in [1.807, 2.05) is 25.7 Å². The summed E-state index contributed by atoms with van der Waals surface area (Å²) < 4.78 is 55.3. The van der Waals surface area contributed by atoms with Crippen molar-refractivity contribution in [3.63, 3.8) is 0 Å². The van der Waals surface area contributed by atoms with Gasteiger partial charge >= 0.3 is 21.1 Å². The van der Waals surface area contributed by atoms with E-state index in [2.05, 4.69) is 22.1 Å². The van der Waals surface area contributed by atoms with Crippen LogP contribution in [-0.4, -0.2) is 15.5 Å². The fraction of sp³-hybridized carbons (Fsp3) is 0.154. The summed E-state index contributed by atoms with van der Waals surface area (Å²) in [5.74, 6) is -2.10. The molecule has 0 N–H and O–H groups in total. The molecule has 0 fully saturated rings. The minimum Gasteiger partial charge on any atom is -0.307 e. The van der Waals surface area contributed by atoms with Crippen LogP contribution in [0.4, 0.5) is 29.2 Å². The SMILES string of the molecule is CC(C)(C)N(c1cccc(-c2[c-]cc(F)cc2F)n1)c1cccc(-c2[c-]cc(F)cc2F)n1.[Pt+2]. The molecule has 4 rings (SSSR count). The normalized spacial score (nSPS) is 11.1. The summed E-state index contributed by atoms with van der Waals surface area (Å²) in [7, 11) is 0. The number of anilines is 2. The third-order valence-electron chi connectivity index (χ3n) is 4.83. The Balaban J connectivity index is 0.00000324. The van der Waals surface area contributed by atoms with Crippen LogP contribution in [0, 0.1) is 35.4 Å². The van der Waals surface area contributed by atoms with Gasteiger partial charge in [0.05, 0.1) is 0 Å². The van der Waals surface area contributed by atoms with Gasteiger partial charge in [0.25, 0.3) is 0 Å². The molecular weight excluding hydrogens is 625 g/mol. The van der Waals surface area contributed by atoms with Crippen LogP contribution in [0.3, 0.4) is 0 Å². The molecule has 0 atom stereocenters. The molecule has 0 aliphatic rings. The molecule has 0 aliphatic carbocycles. The van der Waals surface area contributed by atoms with E-state index in [4.69, 9.17) is 0 Å². The summed E-state index contributed by atoms with van der Waals surface area (Å²) in [6.07, 6.45) is 0. The van der Waals surface area contributed by atoms with Crippen molar-refractivity contribution >= 4 is 11.6 Å². The molecule has 0 spiro atoms. The smallest absolute Gasteiger partial charge is 0.307 e. The fourth-order valence-electron chi connectivity index (χ4n) is 3.46. The molecule has 0 saturated heterocycles. The topological polar surface area (TPSA) is 29.0 Å². The minimum atomic E-state index is -0.774. The van der Waals surface area contributed by atoms with Crippen LogP contribution in [-0.2, 0) is 21.1 Å². The van der Waals surface area contributed by atoms with Gasteiger partial charge in [-0.3, -0.25) is 27.5 Å². The van der Waals surface area contributed by atoms with Crippen LogP contribution in [0.25, 0.3) is 22.5 Å². The van der Waals surface area contributed by atoms with Crippen molar-refractivity contribution in [1.82, 2.24) is 9.97 Å². The monoisotopic (exact) mass is 644 g/mol. The van der Waals surface area contributed by atoms with Crippen LogP contribution in [0.1, 0.15) is 20.8 Å². The van der Waals surface area contributed by atoms with Gasteiger partial charge in [-0.25, -0.2) is 0 Å². The summed E-state index contributed by atoms with van der Waals surface area (Å²) in [5, 5.41) is 0. The predicted octanol–water partition coefficient (Wildman–Crippen LogP) is 6.90. The van der Waals surface area contributed by atoms with Gasteiger partial charge in [0.15, 0.2) is 0 Å². The Bertz CT molecular complexity index is 1230. The molecule has 0 unspecified atom stereocenters. The second-order valence-electron chi connectivity index (χ2n) is 8.35. The first-order valence-corrected chi connectivity index (χ1v) is 10.1. The maximum Gasteiger partial charge on any atom is 2.00 e. The predicted molar refractivity (Wildman–Crippen MR) is 119 cm³/mol. The zero-order valence-corrected chi connectivity index (χ0v) is 20.7. The zero-order chi connectivity index (χ0) is 23.8. The number of benzene rings is 2. The van der Waals surface area contributed by atoms with E-state index in [1.54, 1.807) is 36.4 Å². The molecule has 0 bridgehead atoms. The van der Waals surface area contributed by atoms with Crippen molar-refractivity contribution in [2.24, 2.45) is 0 Å². The van der Waals surface area contributed by atoms with Gasteiger partial charge < -0.3 is 4.90 Å². The average molecular weight is 645 g/mol. The summed E-state index contributed by atoms with van der Waals surface area (Å²) in [6.45, 7) is 5.81. The Morgan fingerprint density at radius 2 is 1.12 bits per heavy atom. The van der Waals surface area contributed by atoms with E-state index in [0.717, 1.165) is 24.3 Å². The Hall–Kier alpha value is -3.05. The van der Waals surface area contributed by atoms with Gasteiger partial charge in [-0.15, -0.1) is 24.3 Å². The van der Waals surface area contributed by atoms with Crippen molar-refractivity contribution < 1.29 is 38.6 Å². The van der Waals surface area contributed by atoms with Crippen LogP contribution < -0.4 is 4.90 Å². The van der Waals surface area contributed by atoms with Crippen molar-refractivity contribution in [2.45, 2.75) is 26.3 Å². The maximum atomic E-state index is 14.3. The minimum absolute atomic E-state index is 0. The number of hydrogen-bond donors (Lipinski definition) is 0. The molecule has 176 valence electrons. The number of nitrogens with zero attached hydrogens (tertiary/aromatic N) is 3. The van der Waals surface area contributed by atoms with E-state index < -0.39 is 28.8 Å². The third kappa shape index (κ3) is 5.36. The Morgan fingerprint density at radius 3 is 1.47 bits per heavy atom. The Morgan fingerprint density at radius 1 is 0.706 bits per heavy atom. The molecule has 0 aliphatic heterocycles. The molecule has 2 aromatic heterocycles. The second kappa shape index (κ2) is 10.1. The van der Waals surface area contributed by atoms with E-state index in [0.29, 0.717) is 11.6 Å². The van der Waals surface area contributed by atoms with Crippen molar-refractivity contribution in [3.8, 4) is 22.5 Å². The summed E-state index contributed by atoms with van der Waals surface area (Å²) in [5.41, 5.74) is 0.0862. The van der Waals surface area contributed by atoms with E-state index in [9.17, 15) is 17.6 Å². The molecule has 0 amide bonds. The third-order valence-corrected chi connectivity index (χ3v) is 4.83. The van der Waals surface area contributed by atoms with Gasteiger partial charge in [0.2, 0.25) is 0 Å². The molecule has 2 aromatic carbocycles. The Labute approximate surface area is 209 Å². The largest absolute Gasteiger partial charge is 2.00 e. The standard InChI is InChI=1S/C26H19F4N3.Pt/c1-26(2,3)33(24-8-4-6-22(31-24)18-12-10-16(27)14-20(18)29)25-9-5-7-23(32-25)19-13-11-17(28)15-21(19)30;/h4-11,14-15H,1-3H3;/q-2;+2. The van der Waals surface area contributed by atoms with Crippen LogP contribution in [0.2, 0.25) is 0 Å². The second-order valence-corrected chi connectivity index (χ2v) is 8.35. The summed E-state index contributed by atoms with van der Waals surface area (Å²) >= 11 is 0. The van der Waals surface area contributed by atoms with Crippen LogP contribution in [0.15, 0.2) is 60.7 Å². The molecule has 3 nitrogen and oxygen atoms in total. The van der Waals surface area contributed by atoms with Crippen LogP contribution in [0.5, 0.6) is 0 Å². The van der Waals surface area contributed by atoms with E-state index in [-0.39, 0.29) is 43.6 Å². The first kappa shape index (κ1) is 25.6.